The van der Waals surface area contributed by atoms with Crippen LogP contribution in [0.25, 0.3) is 0 Å². The van der Waals surface area contributed by atoms with E-state index in [0.717, 1.165) is 25.7 Å². The average Bonchev–Trinajstić information content (AvgIpc) is 2.70. The molecule has 4 saturated carbocycles. The van der Waals surface area contributed by atoms with Crippen molar-refractivity contribution in [3.8, 4) is 0 Å². The Bertz CT molecular complexity index is 934. The van der Waals surface area contributed by atoms with Crippen molar-refractivity contribution in [1.29, 1.82) is 0 Å². The van der Waals surface area contributed by atoms with Crippen molar-refractivity contribution in [2.45, 2.75) is 113 Å². The molecule has 5 rings (SSSR count). The molecule has 0 saturated heterocycles. The van der Waals surface area contributed by atoms with Crippen LogP contribution in [-0.2, 0) is 9.59 Å². The van der Waals surface area contributed by atoms with Gasteiger partial charge in [0.25, 0.3) is 0 Å². The summed E-state index contributed by atoms with van der Waals surface area (Å²) in [7, 11) is 0. The maximum absolute atomic E-state index is 14.2. The number of rotatable bonds is 1. The van der Waals surface area contributed by atoms with Crippen LogP contribution in [0.2, 0.25) is 0 Å². The third-order valence-electron chi connectivity index (χ3n) is 12.9. The fraction of sp³-hybridized carbons (Fsp3) is 0.867. The van der Waals surface area contributed by atoms with Gasteiger partial charge in [-0.1, -0.05) is 60.5 Å². The normalized spacial score (nSPS) is 53.1. The number of hydrogen-bond donors (Lipinski definition) is 1. The summed E-state index contributed by atoms with van der Waals surface area (Å²) in [5.41, 5.74) is 7.45. The highest BCUT2D eigenvalue weighted by atomic mass is 16.1. The molecule has 8 atom stereocenters. The molecule has 5 aliphatic rings. The van der Waals surface area contributed by atoms with Crippen LogP contribution in [-0.4, -0.2) is 11.7 Å². The van der Waals surface area contributed by atoms with Gasteiger partial charge >= 0.3 is 0 Å². The first kappa shape index (κ1) is 23.6. The Labute approximate surface area is 201 Å². The highest BCUT2D eigenvalue weighted by molar-refractivity contribution is 5.95. The van der Waals surface area contributed by atoms with E-state index in [2.05, 4.69) is 54.5 Å². The van der Waals surface area contributed by atoms with Gasteiger partial charge in [-0.25, -0.2) is 0 Å². The number of allylic oxidation sites excluding steroid dienone is 2. The fourth-order valence-corrected chi connectivity index (χ4v) is 10.5. The van der Waals surface area contributed by atoms with Gasteiger partial charge in [0.15, 0.2) is 5.78 Å². The first-order valence-electron chi connectivity index (χ1n) is 13.7. The zero-order valence-corrected chi connectivity index (χ0v) is 22.3. The maximum atomic E-state index is 14.2. The van der Waals surface area contributed by atoms with Crippen molar-refractivity contribution in [1.82, 2.24) is 0 Å². The highest BCUT2D eigenvalue weighted by Crippen LogP contribution is 2.75. The van der Waals surface area contributed by atoms with Gasteiger partial charge in [-0.2, -0.15) is 0 Å². The third kappa shape index (κ3) is 2.86. The van der Waals surface area contributed by atoms with Crippen LogP contribution in [0.15, 0.2) is 11.6 Å². The van der Waals surface area contributed by atoms with E-state index in [1.165, 1.54) is 44.1 Å². The van der Waals surface area contributed by atoms with Crippen LogP contribution in [0.3, 0.4) is 0 Å². The van der Waals surface area contributed by atoms with Crippen molar-refractivity contribution < 1.29 is 9.59 Å². The van der Waals surface area contributed by atoms with Gasteiger partial charge < -0.3 is 5.73 Å². The molecule has 5 aliphatic carbocycles. The number of amides is 1. The van der Waals surface area contributed by atoms with Crippen LogP contribution in [0, 0.1) is 50.2 Å². The van der Waals surface area contributed by atoms with Crippen LogP contribution in [0.5, 0.6) is 0 Å². The lowest BCUT2D eigenvalue weighted by atomic mass is 9.33. The molecule has 3 nitrogen and oxygen atoms in total. The summed E-state index contributed by atoms with van der Waals surface area (Å²) in [5.74, 6) is 1.26. The minimum Gasteiger partial charge on any atom is -0.369 e. The van der Waals surface area contributed by atoms with Gasteiger partial charge in [0.1, 0.15) is 0 Å². The summed E-state index contributed by atoms with van der Waals surface area (Å²) in [4.78, 5) is 26.7. The van der Waals surface area contributed by atoms with Gasteiger partial charge in [0.2, 0.25) is 5.91 Å². The molecule has 3 heteroatoms. The van der Waals surface area contributed by atoms with E-state index in [0.29, 0.717) is 17.1 Å². The smallest absolute Gasteiger partial charge is 0.223 e. The molecule has 0 radical (unpaired) electrons. The zero-order valence-electron chi connectivity index (χ0n) is 22.3. The Morgan fingerprint density at radius 1 is 0.909 bits per heavy atom. The quantitative estimate of drug-likeness (QED) is 0.472. The number of ketones is 1. The molecular formula is C30H47NO2. The second-order valence-electron chi connectivity index (χ2n) is 15.0. The summed E-state index contributed by atoms with van der Waals surface area (Å²) >= 11 is 0. The molecule has 4 fully saturated rings. The first-order valence-corrected chi connectivity index (χ1v) is 13.7. The van der Waals surface area contributed by atoms with Crippen molar-refractivity contribution >= 4 is 11.7 Å². The van der Waals surface area contributed by atoms with E-state index in [9.17, 15) is 9.59 Å². The molecular weight excluding hydrogens is 406 g/mol. The molecule has 0 heterocycles. The number of primary amides is 1. The monoisotopic (exact) mass is 453 g/mol. The zero-order chi connectivity index (χ0) is 24.2. The number of nitrogens with two attached hydrogens (primary N) is 1. The number of hydrogen-bond acceptors (Lipinski definition) is 2. The van der Waals surface area contributed by atoms with Gasteiger partial charge in [0.05, 0.1) is 0 Å². The lowest BCUT2D eigenvalue weighted by Crippen LogP contribution is -2.65. The van der Waals surface area contributed by atoms with Gasteiger partial charge in [-0.3, -0.25) is 9.59 Å². The van der Waals surface area contributed by atoms with Crippen LogP contribution < -0.4 is 5.73 Å². The van der Waals surface area contributed by atoms with E-state index in [4.69, 9.17) is 5.73 Å². The molecule has 0 aromatic carbocycles. The number of carbonyl (C=O) groups is 2. The topological polar surface area (TPSA) is 60.2 Å². The van der Waals surface area contributed by atoms with Crippen molar-refractivity contribution in [3.05, 3.63) is 11.6 Å². The summed E-state index contributed by atoms with van der Waals surface area (Å²) in [6.07, 6.45) is 13.3. The molecule has 0 aromatic heterocycles. The van der Waals surface area contributed by atoms with Crippen LogP contribution in [0.4, 0.5) is 0 Å². The van der Waals surface area contributed by atoms with E-state index in [1.54, 1.807) is 0 Å². The minimum absolute atomic E-state index is 0.00522. The van der Waals surface area contributed by atoms with Crippen molar-refractivity contribution in [3.63, 3.8) is 0 Å². The maximum Gasteiger partial charge on any atom is 0.223 e. The largest absolute Gasteiger partial charge is 0.369 e. The lowest BCUT2D eigenvalue weighted by Gasteiger charge is -2.70. The average molecular weight is 454 g/mol. The summed E-state index contributed by atoms with van der Waals surface area (Å²) < 4.78 is 0. The molecule has 2 N–H and O–H groups in total. The summed E-state index contributed by atoms with van der Waals surface area (Å²) in [5, 5.41) is 0. The molecule has 33 heavy (non-hydrogen) atoms. The Morgan fingerprint density at radius 2 is 1.58 bits per heavy atom. The predicted octanol–water partition coefficient (Wildman–Crippen LogP) is 6.84. The van der Waals surface area contributed by atoms with E-state index < -0.39 is 5.41 Å². The Balaban J connectivity index is 1.63. The van der Waals surface area contributed by atoms with E-state index >= 15 is 0 Å². The minimum atomic E-state index is -0.457. The van der Waals surface area contributed by atoms with Crippen molar-refractivity contribution in [2.75, 3.05) is 0 Å². The second-order valence-corrected chi connectivity index (χ2v) is 15.0. The Morgan fingerprint density at radius 3 is 2.24 bits per heavy atom. The molecule has 0 unspecified atom stereocenters. The van der Waals surface area contributed by atoms with Crippen molar-refractivity contribution in [2.24, 2.45) is 56.0 Å². The number of carbonyl (C=O) groups excluding carboxylic acids is 2. The van der Waals surface area contributed by atoms with E-state index in [-0.39, 0.29) is 39.4 Å². The SMILES string of the molecule is CC1(C)CCC[C@]2(C)[C@H]3C(=O)C=C4[C@@H]5C[C@@](C)(C(N)=O)CC[C@]5(C)CC[C@@]4(C)[C@]3(C)CC[C@@H]12. The number of fused-ring (bicyclic) bond motifs is 7. The van der Waals surface area contributed by atoms with Gasteiger partial charge in [0, 0.05) is 11.3 Å². The van der Waals surface area contributed by atoms with Crippen LogP contribution >= 0.6 is 0 Å². The summed E-state index contributed by atoms with van der Waals surface area (Å²) in [6, 6.07) is 0. The van der Waals surface area contributed by atoms with E-state index in [1.807, 2.05) is 0 Å². The molecule has 184 valence electrons. The molecule has 0 aliphatic heterocycles. The molecule has 0 spiro atoms. The predicted molar refractivity (Wildman–Crippen MR) is 133 cm³/mol. The van der Waals surface area contributed by atoms with Crippen LogP contribution in [0.1, 0.15) is 113 Å². The Kier molecular flexibility index (Phi) is 4.83. The molecule has 0 aromatic rings. The van der Waals surface area contributed by atoms with Gasteiger partial charge in [-0.15, -0.1) is 0 Å². The second kappa shape index (κ2) is 6.76. The fourth-order valence-electron chi connectivity index (χ4n) is 10.5. The molecule has 0 bridgehead atoms. The highest BCUT2D eigenvalue weighted by Gasteiger charge is 2.69. The van der Waals surface area contributed by atoms with Gasteiger partial charge in [-0.05, 0) is 103 Å². The lowest BCUT2D eigenvalue weighted by molar-refractivity contribution is -0.184. The Hall–Kier alpha value is -1.12. The summed E-state index contributed by atoms with van der Waals surface area (Å²) in [6.45, 7) is 16.8. The third-order valence-corrected chi connectivity index (χ3v) is 12.9. The standard InChI is InChI=1S/C30H47NO2/c1-25(2)10-8-11-28(5)22(25)9-12-30(7)23(28)21(32)17-19-20-18-27(4,24(31)33)14-13-26(20,3)15-16-29(19,30)6/h17,20,22-23H,8-16,18H2,1-7H3,(H2,31,33)/t20-,22-,23+,26+,27-,28-,29+,30+/m0/s1. The first-order chi connectivity index (χ1) is 15.1. The molecule has 1 amide bonds.